The predicted molar refractivity (Wildman–Crippen MR) is 101 cm³/mol. The monoisotopic (exact) mass is 407 g/mol. The number of rotatable bonds is 3. The van der Waals surface area contributed by atoms with E-state index in [2.05, 4.69) is 10.2 Å². The molecule has 4 saturated heterocycles. The van der Waals surface area contributed by atoms with Crippen molar-refractivity contribution in [2.45, 2.75) is 30.8 Å². The molecule has 146 valence electrons. The van der Waals surface area contributed by atoms with Gasteiger partial charge < -0.3 is 10.2 Å². The standard InChI is InChI=1S/C18H23F2N3O.2ClH/c1-21-9-16(24)23-10-15(12-6-13(19)8-14(20)7-12)18-17(23)11-2-4-22(18)5-3-11;;/h6-8,11,15,17-18,21H,2-5,9-10H2,1H3;2*1H/t15-,17-,18-;;/m1../s1. The maximum atomic E-state index is 13.7. The molecule has 0 spiro atoms. The minimum Gasteiger partial charge on any atom is -0.336 e. The summed E-state index contributed by atoms with van der Waals surface area (Å²) in [5.41, 5.74) is 0.676. The molecule has 0 saturated carbocycles. The third-order valence-corrected chi connectivity index (χ3v) is 5.96. The summed E-state index contributed by atoms with van der Waals surface area (Å²) in [4.78, 5) is 17.0. The molecule has 0 aliphatic carbocycles. The summed E-state index contributed by atoms with van der Waals surface area (Å²) >= 11 is 0. The summed E-state index contributed by atoms with van der Waals surface area (Å²) in [6.45, 7) is 2.90. The van der Waals surface area contributed by atoms with Crippen molar-refractivity contribution >= 4 is 30.7 Å². The first kappa shape index (κ1) is 21.4. The van der Waals surface area contributed by atoms with Crippen LogP contribution in [-0.4, -0.2) is 61.0 Å². The molecule has 0 aromatic heterocycles. The number of amides is 1. The van der Waals surface area contributed by atoms with Crippen LogP contribution in [0.5, 0.6) is 0 Å². The highest BCUT2D eigenvalue weighted by Crippen LogP contribution is 2.46. The number of hydrogen-bond acceptors (Lipinski definition) is 3. The Morgan fingerprint density at radius 3 is 2.31 bits per heavy atom. The third-order valence-electron chi connectivity index (χ3n) is 5.96. The molecule has 1 aromatic carbocycles. The van der Waals surface area contributed by atoms with Gasteiger partial charge in [0.1, 0.15) is 11.6 Å². The Morgan fingerprint density at radius 2 is 1.73 bits per heavy atom. The number of carbonyl (C=O) groups is 1. The van der Waals surface area contributed by atoms with Gasteiger partial charge in [0.05, 0.1) is 12.6 Å². The predicted octanol–water partition coefficient (Wildman–Crippen LogP) is 2.42. The van der Waals surface area contributed by atoms with Crippen molar-refractivity contribution in [2.75, 3.05) is 33.2 Å². The van der Waals surface area contributed by atoms with Crippen LogP contribution < -0.4 is 5.32 Å². The van der Waals surface area contributed by atoms with Gasteiger partial charge in [0.25, 0.3) is 0 Å². The number of nitrogens with zero attached hydrogens (tertiary/aromatic N) is 2. The van der Waals surface area contributed by atoms with Crippen molar-refractivity contribution in [2.24, 2.45) is 5.92 Å². The number of carbonyl (C=O) groups excluding carboxylic acids is 1. The lowest BCUT2D eigenvalue weighted by Gasteiger charge is -2.51. The van der Waals surface area contributed by atoms with Gasteiger partial charge in [-0.25, -0.2) is 8.78 Å². The van der Waals surface area contributed by atoms with Crippen LogP contribution >= 0.6 is 24.8 Å². The Hall–Kier alpha value is -0.950. The lowest BCUT2D eigenvalue weighted by atomic mass is 9.75. The zero-order chi connectivity index (χ0) is 16.8. The van der Waals surface area contributed by atoms with E-state index in [-0.39, 0.29) is 48.7 Å². The highest BCUT2D eigenvalue weighted by molar-refractivity contribution is 5.85. The van der Waals surface area contributed by atoms with E-state index in [0.717, 1.165) is 32.0 Å². The SMILES string of the molecule is CNCC(=O)N1C[C@H](c2cc(F)cc(F)c2)[C@@H]2[C@H]1C1CCN2CC1.Cl.Cl. The summed E-state index contributed by atoms with van der Waals surface area (Å²) in [6, 6.07) is 4.12. The van der Waals surface area contributed by atoms with Gasteiger partial charge in [0, 0.05) is 24.6 Å². The summed E-state index contributed by atoms with van der Waals surface area (Å²) in [7, 11) is 1.77. The Bertz CT molecular complexity index is 635. The largest absolute Gasteiger partial charge is 0.336 e. The fraction of sp³-hybridized carbons (Fsp3) is 0.611. The number of fused-ring (bicyclic) bond motifs is 2. The Morgan fingerprint density at radius 1 is 1.12 bits per heavy atom. The number of hydrogen-bond donors (Lipinski definition) is 1. The first-order valence-electron chi connectivity index (χ1n) is 8.72. The van der Waals surface area contributed by atoms with Crippen molar-refractivity contribution in [3.63, 3.8) is 0 Å². The molecule has 8 heteroatoms. The molecule has 0 unspecified atom stereocenters. The number of benzene rings is 1. The molecule has 0 radical (unpaired) electrons. The van der Waals surface area contributed by atoms with Crippen LogP contribution in [0.15, 0.2) is 18.2 Å². The first-order chi connectivity index (χ1) is 11.6. The van der Waals surface area contributed by atoms with Crippen molar-refractivity contribution < 1.29 is 13.6 Å². The molecule has 26 heavy (non-hydrogen) atoms. The second kappa shape index (κ2) is 8.38. The van der Waals surface area contributed by atoms with Crippen LogP contribution in [0.3, 0.4) is 0 Å². The second-order valence-corrected chi connectivity index (χ2v) is 7.24. The van der Waals surface area contributed by atoms with Crippen LogP contribution in [0.4, 0.5) is 8.78 Å². The van der Waals surface area contributed by atoms with Crippen LogP contribution in [0.1, 0.15) is 24.3 Å². The molecule has 4 heterocycles. The molecule has 5 rings (SSSR count). The number of nitrogens with one attached hydrogen (secondary N) is 1. The summed E-state index contributed by atoms with van der Waals surface area (Å²) in [6.07, 6.45) is 2.21. The van der Waals surface area contributed by atoms with Crippen LogP contribution in [0, 0.1) is 17.6 Å². The van der Waals surface area contributed by atoms with Gasteiger partial charge in [-0.2, -0.15) is 0 Å². The molecule has 1 aromatic rings. The number of halogens is 4. The smallest absolute Gasteiger partial charge is 0.236 e. The summed E-state index contributed by atoms with van der Waals surface area (Å²) in [5.74, 6) is -0.524. The molecular weight excluding hydrogens is 383 g/mol. The highest BCUT2D eigenvalue weighted by Gasteiger charge is 2.54. The van der Waals surface area contributed by atoms with E-state index in [1.54, 1.807) is 7.05 Å². The minimum atomic E-state index is -0.544. The maximum absolute atomic E-state index is 13.7. The highest BCUT2D eigenvalue weighted by atomic mass is 35.5. The number of likely N-dealkylation sites (N-methyl/N-ethyl adjacent to an activating group) is 1. The Labute approximate surface area is 165 Å². The maximum Gasteiger partial charge on any atom is 0.236 e. The molecule has 4 aliphatic rings. The van der Waals surface area contributed by atoms with E-state index in [0.29, 0.717) is 24.6 Å². The van der Waals surface area contributed by atoms with E-state index in [9.17, 15) is 13.6 Å². The van der Waals surface area contributed by atoms with Crippen molar-refractivity contribution in [1.82, 2.24) is 15.1 Å². The summed E-state index contributed by atoms with van der Waals surface area (Å²) < 4.78 is 27.5. The van der Waals surface area contributed by atoms with Crippen LogP contribution in [-0.2, 0) is 4.79 Å². The normalized spacial score (nSPS) is 31.8. The molecule has 3 atom stereocenters. The number of piperidine rings is 3. The van der Waals surface area contributed by atoms with Gasteiger partial charge in [-0.1, -0.05) is 0 Å². The molecule has 4 aliphatic heterocycles. The van der Waals surface area contributed by atoms with E-state index in [1.165, 1.54) is 12.1 Å². The average molecular weight is 408 g/mol. The molecule has 4 fully saturated rings. The molecule has 1 amide bonds. The van der Waals surface area contributed by atoms with Crippen molar-refractivity contribution in [1.29, 1.82) is 0 Å². The van der Waals surface area contributed by atoms with E-state index < -0.39 is 11.6 Å². The molecule has 4 nitrogen and oxygen atoms in total. The van der Waals surface area contributed by atoms with Gasteiger partial charge in [-0.15, -0.1) is 24.8 Å². The van der Waals surface area contributed by atoms with Gasteiger partial charge in [0.2, 0.25) is 5.91 Å². The van der Waals surface area contributed by atoms with E-state index in [4.69, 9.17) is 0 Å². The molecular formula is C18H25Cl2F2N3O. The Balaban J connectivity index is 0.00000121. The molecule has 2 bridgehead atoms. The quantitative estimate of drug-likeness (QED) is 0.835. The topological polar surface area (TPSA) is 35.6 Å². The fourth-order valence-electron chi connectivity index (χ4n) is 5.04. The van der Waals surface area contributed by atoms with Gasteiger partial charge in [0.15, 0.2) is 0 Å². The zero-order valence-electron chi connectivity index (χ0n) is 14.7. The summed E-state index contributed by atoms with van der Waals surface area (Å²) in [5, 5.41) is 2.93. The van der Waals surface area contributed by atoms with Crippen LogP contribution in [0.2, 0.25) is 0 Å². The average Bonchev–Trinajstić information content (AvgIpc) is 2.98. The Kier molecular flexibility index (Phi) is 6.88. The third kappa shape index (κ3) is 3.57. The van der Waals surface area contributed by atoms with E-state index >= 15 is 0 Å². The first-order valence-corrected chi connectivity index (χ1v) is 8.72. The van der Waals surface area contributed by atoms with Crippen LogP contribution in [0.25, 0.3) is 0 Å². The second-order valence-electron chi connectivity index (χ2n) is 7.24. The number of likely N-dealkylation sites (tertiary alicyclic amines) is 1. The fourth-order valence-corrected chi connectivity index (χ4v) is 5.04. The lowest BCUT2D eigenvalue weighted by Crippen LogP contribution is -2.61. The lowest BCUT2D eigenvalue weighted by molar-refractivity contribution is -0.134. The van der Waals surface area contributed by atoms with Gasteiger partial charge >= 0.3 is 0 Å². The van der Waals surface area contributed by atoms with Crippen molar-refractivity contribution in [3.05, 3.63) is 35.4 Å². The zero-order valence-corrected chi connectivity index (χ0v) is 16.3. The van der Waals surface area contributed by atoms with Gasteiger partial charge in [-0.3, -0.25) is 9.69 Å². The minimum absolute atomic E-state index is 0. The molecule has 1 N–H and O–H groups in total. The van der Waals surface area contributed by atoms with Gasteiger partial charge in [-0.05, 0) is 56.6 Å². The van der Waals surface area contributed by atoms with Crippen molar-refractivity contribution in [3.8, 4) is 0 Å². The van der Waals surface area contributed by atoms with E-state index in [1.807, 2.05) is 4.90 Å².